The smallest absolute Gasteiger partial charge is 0.163 e. The lowest BCUT2D eigenvalue weighted by molar-refractivity contribution is 0.492. The van der Waals surface area contributed by atoms with Crippen LogP contribution >= 0.6 is 0 Å². The fraction of sp³-hybridized carbons (Fsp3) is 0.267. The minimum atomic E-state index is -0.833. The first-order valence-corrected chi connectivity index (χ1v) is 6.26. The van der Waals surface area contributed by atoms with Gasteiger partial charge in [0.15, 0.2) is 11.6 Å². The Balaban J connectivity index is 2.16. The molecule has 1 heterocycles. The number of nitrogens with zero attached hydrogens (tertiary/aromatic N) is 2. The van der Waals surface area contributed by atoms with E-state index in [9.17, 15) is 8.78 Å². The maximum Gasteiger partial charge on any atom is 0.163 e. The third kappa shape index (κ3) is 3.08. The lowest BCUT2D eigenvalue weighted by atomic mass is 10.1. The van der Waals surface area contributed by atoms with Gasteiger partial charge in [-0.3, -0.25) is 4.68 Å². The topological polar surface area (TPSA) is 17.8 Å². The molecule has 0 aliphatic rings. The summed E-state index contributed by atoms with van der Waals surface area (Å²) in [6.45, 7) is 6.24. The van der Waals surface area contributed by atoms with Crippen molar-refractivity contribution in [3.05, 3.63) is 59.9 Å². The highest BCUT2D eigenvalue weighted by Gasteiger charge is 2.09. The molecule has 0 saturated heterocycles. The van der Waals surface area contributed by atoms with E-state index in [-0.39, 0.29) is 12.1 Å². The van der Waals surface area contributed by atoms with Crippen molar-refractivity contribution in [1.82, 2.24) is 9.78 Å². The maximum atomic E-state index is 13.5. The molecule has 0 fully saturated rings. The predicted molar refractivity (Wildman–Crippen MR) is 71.6 cm³/mol. The maximum absolute atomic E-state index is 13.5. The highest BCUT2D eigenvalue weighted by molar-refractivity contribution is 5.59. The van der Waals surface area contributed by atoms with Crippen LogP contribution in [0.1, 0.15) is 31.0 Å². The molecule has 0 aliphatic heterocycles. The van der Waals surface area contributed by atoms with Crippen molar-refractivity contribution in [1.29, 1.82) is 0 Å². The van der Waals surface area contributed by atoms with Gasteiger partial charge in [0.25, 0.3) is 0 Å². The number of rotatable bonds is 5. The van der Waals surface area contributed by atoms with Crippen LogP contribution in [0.2, 0.25) is 0 Å². The molecule has 19 heavy (non-hydrogen) atoms. The quantitative estimate of drug-likeness (QED) is 0.795. The minimum Gasteiger partial charge on any atom is -0.268 e. The number of halogens is 2. The first-order valence-electron chi connectivity index (χ1n) is 6.26. The summed E-state index contributed by atoms with van der Waals surface area (Å²) in [5, 5.41) is 4.32. The number of benzene rings is 1. The van der Waals surface area contributed by atoms with E-state index < -0.39 is 11.6 Å². The molecular weight excluding hydrogens is 246 g/mol. The summed E-state index contributed by atoms with van der Waals surface area (Å²) in [5.74, 6) is -1.65. The molecule has 0 N–H and O–H groups in total. The lowest BCUT2D eigenvalue weighted by Gasteiger charge is -2.04. The van der Waals surface area contributed by atoms with Crippen molar-refractivity contribution in [2.75, 3.05) is 0 Å². The van der Waals surface area contributed by atoms with Crippen molar-refractivity contribution < 1.29 is 8.78 Å². The molecule has 4 heteroatoms. The second-order valence-electron chi connectivity index (χ2n) is 4.47. The zero-order valence-electron chi connectivity index (χ0n) is 10.9. The van der Waals surface area contributed by atoms with Crippen LogP contribution in [-0.4, -0.2) is 9.78 Å². The molecule has 0 unspecified atom stereocenters. The van der Waals surface area contributed by atoms with E-state index in [0.29, 0.717) is 0 Å². The Bertz CT molecular complexity index is 588. The van der Waals surface area contributed by atoms with E-state index in [1.54, 1.807) is 16.9 Å². The Morgan fingerprint density at radius 2 is 2.11 bits per heavy atom. The summed E-state index contributed by atoms with van der Waals surface area (Å²) < 4.78 is 28.2. The van der Waals surface area contributed by atoms with Gasteiger partial charge in [0.2, 0.25) is 0 Å². The Morgan fingerprint density at radius 1 is 1.32 bits per heavy atom. The summed E-state index contributed by atoms with van der Waals surface area (Å²) in [7, 11) is 0. The highest BCUT2D eigenvalue weighted by atomic mass is 19.2. The normalized spacial score (nSPS) is 10.7. The molecule has 0 aliphatic carbocycles. The zero-order chi connectivity index (χ0) is 13.8. The summed E-state index contributed by atoms with van der Waals surface area (Å²) >= 11 is 0. The van der Waals surface area contributed by atoms with Gasteiger partial charge in [-0.25, -0.2) is 8.78 Å². The SMILES string of the molecule is C=C(CCC)c1ccn(Cc2cccc(F)c2F)n1. The van der Waals surface area contributed by atoms with Gasteiger partial charge >= 0.3 is 0 Å². The third-order valence-corrected chi connectivity index (χ3v) is 2.92. The van der Waals surface area contributed by atoms with E-state index in [1.807, 2.05) is 6.07 Å². The Morgan fingerprint density at radius 3 is 2.84 bits per heavy atom. The summed E-state index contributed by atoms with van der Waals surface area (Å²) in [5.41, 5.74) is 2.05. The number of hydrogen-bond donors (Lipinski definition) is 0. The van der Waals surface area contributed by atoms with E-state index in [2.05, 4.69) is 18.6 Å². The molecule has 0 amide bonds. The van der Waals surface area contributed by atoms with Crippen LogP contribution in [0.5, 0.6) is 0 Å². The summed E-state index contributed by atoms with van der Waals surface area (Å²) in [6.07, 6.45) is 3.63. The number of aromatic nitrogens is 2. The molecule has 2 nitrogen and oxygen atoms in total. The largest absolute Gasteiger partial charge is 0.268 e. The highest BCUT2D eigenvalue weighted by Crippen LogP contribution is 2.17. The molecule has 1 aromatic heterocycles. The molecule has 1 aromatic carbocycles. The van der Waals surface area contributed by atoms with Gasteiger partial charge < -0.3 is 0 Å². The van der Waals surface area contributed by atoms with Gasteiger partial charge in [0, 0.05) is 11.8 Å². The van der Waals surface area contributed by atoms with Crippen molar-refractivity contribution >= 4 is 5.57 Å². The molecule has 0 saturated carbocycles. The van der Waals surface area contributed by atoms with E-state index in [1.165, 1.54) is 6.07 Å². The van der Waals surface area contributed by atoms with E-state index in [0.717, 1.165) is 30.2 Å². The van der Waals surface area contributed by atoms with Crippen LogP contribution < -0.4 is 0 Å². The minimum absolute atomic E-state index is 0.211. The van der Waals surface area contributed by atoms with Crippen LogP contribution in [-0.2, 0) is 6.54 Å². The summed E-state index contributed by atoms with van der Waals surface area (Å²) in [6, 6.07) is 6.00. The van der Waals surface area contributed by atoms with Crippen LogP contribution in [0.3, 0.4) is 0 Å². The molecule has 2 aromatic rings. The Kier molecular flexibility index (Phi) is 4.10. The first-order chi connectivity index (χ1) is 9.11. The van der Waals surface area contributed by atoms with Gasteiger partial charge in [-0.1, -0.05) is 32.1 Å². The molecule has 0 spiro atoms. The van der Waals surface area contributed by atoms with Gasteiger partial charge in [-0.2, -0.15) is 5.10 Å². The molecule has 0 bridgehead atoms. The number of allylic oxidation sites excluding steroid dienone is 1. The molecule has 0 radical (unpaired) electrons. The van der Waals surface area contributed by atoms with Gasteiger partial charge in [-0.05, 0) is 24.1 Å². The van der Waals surface area contributed by atoms with Crippen molar-refractivity contribution in [2.24, 2.45) is 0 Å². The number of hydrogen-bond acceptors (Lipinski definition) is 1. The molecule has 100 valence electrons. The fourth-order valence-electron chi connectivity index (χ4n) is 1.91. The van der Waals surface area contributed by atoms with Gasteiger partial charge in [0.05, 0.1) is 12.2 Å². The van der Waals surface area contributed by atoms with Crippen molar-refractivity contribution in [2.45, 2.75) is 26.3 Å². The van der Waals surface area contributed by atoms with Crippen molar-refractivity contribution in [3.8, 4) is 0 Å². The Labute approximate surface area is 111 Å². The summed E-state index contributed by atoms with van der Waals surface area (Å²) in [4.78, 5) is 0. The van der Waals surface area contributed by atoms with Crippen molar-refractivity contribution in [3.63, 3.8) is 0 Å². The molecule has 2 rings (SSSR count). The van der Waals surface area contributed by atoms with Crippen LogP contribution in [0.4, 0.5) is 8.78 Å². The lowest BCUT2D eigenvalue weighted by Crippen LogP contribution is -2.04. The van der Waals surface area contributed by atoms with Gasteiger partial charge in [-0.15, -0.1) is 0 Å². The van der Waals surface area contributed by atoms with Crippen LogP contribution in [0, 0.1) is 11.6 Å². The first kappa shape index (κ1) is 13.5. The predicted octanol–water partition coefficient (Wildman–Crippen LogP) is 4.02. The second-order valence-corrected chi connectivity index (χ2v) is 4.47. The molecular formula is C15H16F2N2. The van der Waals surface area contributed by atoms with Gasteiger partial charge in [0.1, 0.15) is 0 Å². The standard InChI is InChI=1S/C15H16F2N2/c1-3-5-11(2)14-8-9-19(18-14)10-12-6-4-7-13(16)15(12)17/h4,6-9H,2-3,5,10H2,1H3. The third-order valence-electron chi connectivity index (χ3n) is 2.92. The molecule has 0 atom stereocenters. The van der Waals surface area contributed by atoms with E-state index in [4.69, 9.17) is 0 Å². The van der Waals surface area contributed by atoms with Crippen LogP contribution in [0.15, 0.2) is 37.0 Å². The second kappa shape index (κ2) is 5.78. The monoisotopic (exact) mass is 262 g/mol. The Hall–Kier alpha value is -1.97. The fourth-order valence-corrected chi connectivity index (χ4v) is 1.91. The zero-order valence-corrected chi connectivity index (χ0v) is 10.9. The average Bonchev–Trinajstić information content (AvgIpc) is 2.84. The van der Waals surface area contributed by atoms with E-state index >= 15 is 0 Å². The average molecular weight is 262 g/mol. The van der Waals surface area contributed by atoms with Crippen LogP contribution in [0.25, 0.3) is 5.57 Å².